The van der Waals surface area contributed by atoms with Crippen molar-refractivity contribution >= 4 is 80.2 Å². The first-order valence-electron chi connectivity index (χ1n) is 12.9. The summed E-state index contributed by atoms with van der Waals surface area (Å²) in [5, 5.41) is 11.0. The molecule has 0 unspecified atom stereocenters. The molecule has 0 aliphatic carbocycles. The zero-order valence-electron chi connectivity index (χ0n) is 21.9. The number of hydrogen-bond acceptors (Lipinski definition) is 0. The normalized spacial score (nSPS) is 10.9. The van der Waals surface area contributed by atoms with Crippen LogP contribution in [0.15, 0.2) is 97.1 Å². The maximum atomic E-state index is 2.50. The van der Waals surface area contributed by atoms with Crippen LogP contribution in [0.1, 0.15) is 30.9 Å². The third kappa shape index (κ3) is 5.88. The number of rotatable bonds is 5. The second-order valence-corrected chi connectivity index (χ2v) is 12.4. The van der Waals surface area contributed by atoms with Gasteiger partial charge in [0.1, 0.15) is 0 Å². The standard InChI is InChI=1S/C18H19Si.C16H15.Mg/c1-19(2)11-5-6-14-12-16-10-9-15-7-3-4-8-17(15)18(16)13-14;1-2-5-12-10-14-9-8-13-6-3-4-7-15(13)16(14)11-12;/h3-4,7-13H,5-6H2,1-2H3;3-4,6-11H,2,5H2,1H3;/q2*-1;+2. The van der Waals surface area contributed by atoms with Crippen LogP contribution in [0.3, 0.4) is 0 Å². The largest absolute Gasteiger partial charge is 2.00 e. The molecular weight excluding hydrogens is 461 g/mol. The van der Waals surface area contributed by atoms with Crippen molar-refractivity contribution in [1.82, 2.24) is 0 Å². The Morgan fingerprint density at radius 2 is 1.11 bits per heavy atom. The maximum absolute atomic E-state index is 2.50. The second kappa shape index (κ2) is 12.1. The zero-order chi connectivity index (χ0) is 24.2. The topological polar surface area (TPSA) is 0 Å². The van der Waals surface area contributed by atoms with Gasteiger partial charge in [0.25, 0.3) is 0 Å². The molecule has 0 spiro atoms. The Labute approximate surface area is 233 Å². The summed E-state index contributed by atoms with van der Waals surface area (Å²) in [7, 11) is -0.193. The van der Waals surface area contributed by atoms with E-state index in [1.54, 1.807) is 0 Å². The number of fused-ring (bicyclic) bond motifs is 6. The van der Waals surface area contributed by atoms with Gasteiger partial charge in [0.05, 0.1) is 0 Å². The fourth-order valence-corrected chi connectivity index (χ4v) is 5.88. The molecule has 36 heavy (non-hydrogen) atoms. The van der Waals surface area contributed by atoms with Gasteiger partial charge in [0.2, 0.25) is 0 Å². The Bertz CT molecular complexity index is 1630. The molecule has 0 radical (unpaired) electrons. The Morgan fingerprint density at radius 1 is 0.639 bits per heavy atom. The molecule has 0 amide bonds. The van der Waals surface area contributed by atoms with E-state index in [-0.39, 0.29) is 31.5 Å². The number of aryl methyl sites for hydroxylation is 2. The minimum atomic E-state index is -0.193. The van der Waals surface area contributed by atoms with Crippen LogP contribution in [0.2, 0.25) is 13.1 Å². The van der Waals surface area contributed by atoms with Crippen molar-refractivity contribution in [2.24, 2.45) is 0 Å². The van der Waals surface area contributed by atoms with E-state index in [2.05, 4.69) is 123 Å². The number of benzene rings is 4. The van der Waals surface area contributed by atoms with Gasteiger partial charge in [0, 0.05) is 0 Å². The van der Waals surface area contributed by atoms with Gasteiger partial charge in [-0.2, -0.15) is 12.1 Å². The van der Waals surface area contributed by atoms with E-state index in [4.69, 9.17) is 0 Å². The van der Waals surface area contributed by atoms with Crippen LogP contribution in [-0.2, 0) is 12.8 Å². The zero-order valence-corrected chi connectivity index (χ0v) is 24.3. The summed E-state index contributed by atoms with van der Waals surface area (Å²) >= 11 is 0. The van der Waals surface area contributed by atoms with Crippen LogP contribution in [0.25, 0.3) is 43.1 Å². The van der Waals surface area contributed by atoms with Crippen LogP contribution in [0.5, 0.6) is 0 Å². The first-order chi connectivity index (χ1) is 17.1. The molecule has 0 fully saturated rings. The van der Waals surface area contributed by atoms with Gasteiger partial charge in [-0.1, -0.05) is 109 Å². The molecule has 6 rings (SSSR count). The van der Waals surface area contributed by atoms with Crippen molar-refractivity contribution in [3.05, 3.63) is 108 Å². The summed E-state index contributed by atoms with van der Waals surface area (Å²) in [6.45, 7) is 6.93. The number of hydrogen-bond donors (Lipinski definition) is 0. The van der Waals surface area contributed by atoms with Crippen molar-refractivity contribution in [2.75, 3.05) is 0 Å². The van der Waals surface area contributed by atoms with Crippen molar-refractivity contribution in [3.63, 3.8) is 0 Å². The van der Waals surface area contributed by atoms with Crippen molar-refractivity contribution < 1.29 is 0 Å². The average molecular weight is 495 g/mol. The third-order valence-corrected chi connectivity index (χ3v) is 7.98. The summed E-state index contributed by atoms with van der Waals surface area (Å²) in [5.74, 6) is 0. The summed E-state index contributed by atoms with van der Waals surface area (Å²) in [6.07, 6.45) is 4.80. The van der Waals surface area contributed by atoms with Gasteiger partial charge in [-0.15, -0.1) is 62.6 Å². The van der Waals surface area contributed by atoms with Crippen LogP contribution in [0, 0.1) is 0 Å². The SMILES string of the molecule is CCCc1cc2ccc3ccccc3c2[cH-]1.C[Si](C)=CCCc1cc2ccc3ccccc3c2[cH-]1.[Mg+2]. The van der Waals surface area contributed by atoms with E-state index in [9.17, 15) is 0 Å². The van der Waals surface area contributed by atoms with Crippen molar-refractivity contribution in [3.8, 4) is 0 Å². The van der Waals surface area contributed by atoms with Gasteiger partial charge in [0.15, 0.2) is 0 Å². The molecule has 2 heteroatoms. The van der Waals surface area contributed by atoms with Crippen LogP contribution in [-0.4, -0.2) is 37.1 Å². The van der Waals surface area contributed by atoms with E-state index >= 15 is 0 Å². The van der Waals surface area contributed by atoms with E-state index in [1.807, 2.05) is 0 Å². The average Bonchev–Trinajstić information content (AvgIpc) is 3.48. The molecule has 0 saturated heterocycles. The molecule has 0 heterocycles. The Balaban J connectivity index is 0.000000167. The fourth-order valence-electron chi connectivity index (χ4n) is 5.16. The molecule has 6 aromatic carbocycles. The summed E-state index contributed by atoms with van der Waals surface area (Å²) < 4.78 is 0. The Hall–Kier alpha value is -2.53. The minimum absolute atomic E-state index is 0. The van der Waals surface area contributed by atoms with E-state index in [0.29, 0.717) is 0 Å². The molecule has 0 atom stereocenters. The molecule has 6 aromatic rings. The summed E-state index contributed by atoms with van der Waals surface area (Å²) in [4.78, 5) is 0. The van der Waals surface area contributed by atoms with Gasteiger partial charge in [-0.05, 0) is 27.7 Å². The van der Waals surface area contributed by atoms with Crippen molar-refractivity contribution in [2.45, 2.75) is 45.7 Å². The minimum Gasteiger partial charge on any atom is -0.165 e. The maximum Gasteiger partial charge on any atom is 2.00 e. The molecule has 0 saturated carbocycles. The van der Waals surface area contributed by atoms with Gasteiger partial charge in [-0.25, -0.2) is 0 Å². The molecule has 0 aliphatic rings. The second-order valence-electron chi connectivity index (χ2n) is 9.88. The van der Waals surface area contributed by atoms with Gasteiger partial charge in [-0.3, -0.25) is 0 Å². The third-order valence-electron chi connectivity index (χ3n) is 6.87. The monoisotopic (exact) mass is 494 g/mol. The first-order valence-corrected chi connectivity index (χ1v) is 15.5. The Kier molecular flexibility index (Phi) is 8.95. The molecule has 176 valence electrons. The van der Waals surface area contributed by atoms with Crippen LogP contribution in [0.4, 0.5) is 0 Å². The van der Waals surface area contributed by atoms with Crippen molar-refractivity contribution in [1.29, 1.82) is 0 Å². The van der Waals surface area contributed by atoms with E-state index in [1.165, 1.54) is 79.9 Å². The molecule has 0 nitrogen and oxygen atoms in total. The molecule has 0 aromatic heterocycles. The molecule has 0 aliphatic heterocycles. The predicted octanol–water partition coefficient (Wildman–Crippen LogP) is 9.07. The van der Waals surface area contributed by atoms with Gasteiger partial charge >= 0.3 is 23.1 Å². The summed E-state index contributed by atoms with van der Waals surface area (Å²) in [6, 6.07) is 35.6. The molecule has 0 bridgehead atoms. The predicted molar refractivity (Wildman–Crippen MR) is 166 cm³/mol. The van der Waals surface area contributed by atoms with E-state index in [0.717, 1.165) is 0 Å². The van der Waals surface area contributed by atoms with Gasteiger partial charge < -0.3 is 0 Å². The quantitative estimate of drug-likeness (QED) is 0.165. The molecular formula is C34H34MgSi. The molecule has 0 N–H and O–H groups in total. The van der Waals surface area contributed by atoms with E-state index < -0.39 is 0 Å². The fraction of sp³-hybridized carbons (Fsp3) is 0.206. The van der Waals surface area contributed by atoms with Crippen LogP contribution < -0.4 is 0 Å². The smallest absolute Gasteiger partial charge is 0.165 e. The van der Waals surface area contributed by atoms with Crippen LogP contribution >= 0.6 is 0 Å². The first kappa shape index (κ1) is 26.5. The Morgan fingerprint density at radius 3 is 1.61 bits per heavy atom. The summed E-state index contributed by atoms with van der Waals surface area (Å²) in [5.41, 5.74) is 5.44.